The second-order valence-corrected chi connectivity index (χ2v) is 7.89. The van der Waals surface area contributed by atoms with Gasteiger partial charge < -0.3 is 24.0 Å². The van der Waals surface area contributed by atoms with Crippen LogP contribution in [-0.4, -0.2) is 22.5 Å². The summed E-state index contributed by atoms with van der Waals surface area (Å²) in [6, 6.07) is 13.7. The van der Waals surface area contributed by atoms with Gasteiger partial charge in [0.05, 0.1) is 18.4 Å². The van der Waals surface area contributed by atoms with Gasteiger partial charge in [0.15, 0.2) is 6.20 Å². The lowest BCUT2D eigenvalue weighted by molar-refractivity contribution is -0.894. The lowest BCUT2D eigenvalue weighted by Crippen LogP contribution is -3.12. The smallest absolute Gasteiger partial charge is 0.231 e. The molecule has 0 radical (unpaired) electrons. The Labute approximate surface area is 186 Å². The molecule has 2 unspecified atom stereocenters. The van der Waals surface area contributed by atoms with E-state index in [9.17, 15) is 4.39 Å². The zero-order valence-electron chi connectivity index (χ0n) is 15.9. The van der Waals surface area contributed by atoms with E-state index < -0.39 is 0 Å². The minimum absolute atomic E-state index is 0. The molecule has 3 atom stereocenters. The summed E-state index contributed by atoms with van der Waals surface area (Å²) in [4.78, 5) is 3.80. The molecule has 0 fully saturated rings. The normalized spacial score (nSPS) is 24.0. The van der Waals surface area contributed by atoms with Crippen molar-refractivity contribution in [2.45, 2.75) is 31.6 Å². The molecule has 4 bridgehead atoms. The predicted octanol–water partition coefficient (Wildman–Crippen LogP) is -1.32. The van der Waals surface area contributed by atoms with Gasteiger partial charge in [0.2, 0.25) is 18.4 Å². The summed E-state index contributed by atoms with van der Waals surface area (Å²) >= 11 is 0. The van der Waals surface area contributed by atoms with Crippen LogP contribution in [0.5, 0.6) is 0 Å². The Kier molecular flexibility index (Phi) is 4.66. The van der Waals surface area contributed by atoms with E-state index in [-0.39, 0.29) is 41.9 Å². The lowest BCUT2D eigenvalue weighted by atomic mass is 9.92. The van der Waals surface area contributed by atoms with Gasteiger partial charge in [-0.1, -0.05) is 0 Å². The third kappa shape index (κ3) is 2.98. The summed E-state index contributed by atoms with van der Waals surface area (Å²) < 4.78 is 18.7. The summed E-state index contributed by atoms with van der Waals surface area (Å²) in [6.45, 7) is 2.63. The molecule has 5 nitrogen and oxygen atoms in total. The maximum Gasteiger partial charge on any atom is 0.231 e. The van der Waals surface area contributed by atoms with Crippen LogP contribution in [0.4, 0.5) is 10.1 Å². The van der Waals surface area contributed by atoms with Crippen molar-refractivity contribution in [2.75, 3.05) is 11.4 Å². The number of aromatic nitrogens is 3. The van der Waals surface area contributed by atoms with Crippen molar-refractivity contribution in [1.29, 1.82) is 0 Å². The standard InChI is InChI=1S/C22H21FN5.HI/c23-17-4-5-19-18(13-17)16-7-10-25-11-12-27(19)22(25)15-26-9-2-1-3-20(26)21-6-8-24-28(21)14-16;/h1-6,8-9,11-13,16,22H,7,10,14-15H2;1H/q+1;/t16?,22-;/m0./s1. The van der Waals surface area contributed by atoms with Crippen molar-refractivity contribution in [3.8, 4) is 11.4 Å². The molecule has 0 amide bonds. The fourth-order valence-electron chi connectivity index (χ4n) is 5.01. The van der Waals surface area contributed by atoms with Gasteiger partial charge in [0.1, 0.15) is 17.7 Å². The average Bonchev–Trinajstić information content (AvgIpc) is 3.32. The second-order valence-electron chi connectivity index (χ2n) is 7.89. The SMILES string of the molecule is Fc1ccc2c(c1)C1CC[NH+]3C=CN2[C@H]3C[n+]2ccccc2-c2ccnn2C1.[I-]. The number of pyridine rings is 1. The number of nitrogens with one attached hydrogen (secondary N) is 1. The van der Waals surface area contributed by atoms with Crippen molar-refractivity contribution >= 4 is 5.69 Å². The van der Waals surface area contributed by atoms with Crippen LogP contribution in [0.3, 0.4) is 0 Å². The van der Waals surface area contributed by atoms with Crippen molar-refractivity contribution in [3.05, 3.63) is 78.6 Å². The van der Waals surface area contributed by atoms with Crippen LogP contribution in [0.2, 0.25) is 0 Å². The highest BCUT2D eigenvalue weighted by Crippen LogP contribution is 2.35. The average molecular weight is 502 g/mol. The monoisotopic (exact) mass is 502 g/mol. The Morgan fingerprint density at radius 1 is 1.17 bits per heavy atom. The number of rotatable bonds is 0. The van der Waals surface area contributed by atoms with Gasteiger partial charge >= 0.3 is 0 Å². The van der Waals surface area contributed by atoms with Gasteiger partial charge in [0, 0.05) is 37.2 Å². The molecule has 1 aromatic carbocycles. The van der Waals surface area contributed by atoms with E-state index in [1.807, 2.05) is 12.3 Å². The molecular weight excluding hydrogens is 480 g/mol. The third-order valence-corrected chi connectivity index (χ3v) is 6.38. The van der Waals surface area contributed by atoms with Gasteiger partial charge in [-0.05, 0) is 35.9 Å². The Balaban J connectivity index is 0.00000181. The molecule has 3 aliphatic rings. The lowest BCUT2D eigenvalue weighted by Gasteiger charge is -2.32. The van der Waals surface area contributed by atoms with Crippen LogP contribution in [0.1, 0.15) is 17.9 Å². The topological polar surface area (TPSA) is 29.4 Å². The number of halogens is 2. The van der Waals surface area contributed by atoms with Gasteiger partial charge in [-0.2, -0.15) is 9.67 Å². The first-order chi connectivity index (χ1) is 13.8. The maximum atomic E-state index is 14.2. The molecule has 6 rings (SSSR count). The quantitative estimate of drug-likeness (QED) is 0.306. The molecule has 7 heteroatoms. The molecule has 0 aliphatic carbocycles. The minimum atomic E-state index is -0.165. The summed E-state index contributed by atoms with van der Waals surface area (Å²) in [7, 11) is 0. The number of nitrogens with zero attached hydrogens (tertiary/aromatic N) is 4. The minimum Gasteiger partial charge on any atom is -1.00 e. The molecule has 0 saturated carbocycles. The van der Waals surface area contributed by atoms with E-state index in [2.05, 4.69) is 62.1 Å². The highest BCUT2D eigenvalue weighted by atomic mass is 127. The Morgan fingerprint density at radius 3 is 3.03 bits per heavy atom. The van der Waals surface area contributed by atoms with Crippen LogP contribution in [0.15, 0.2) is 67.3 Å². The van der Waals surface area contributed by atoms with Crippen LogP contribution in [0.25, 0.3) is 11.4 Å². The van der Waals surface area contributed by atoms with E-state index >= 15 is 0 Å². The Bertz CT molecular complexity index is 1090. The molecule has 5 heterocycles. The van der Waals surface area contributed by atoms with Crippen LogP contribution in [0, 0.1) is 5.82 Å². The van der Waals surface area contributed by atoms with Crippen molar-refractivity contribution < 1.29 is 37.8 Å². The van der Waals surface area contributed by atoms with E-state index in [0.29, 0.717) is 0 Å². The molecule has 0 saturated heterocycles. The summed E-state index contributed by atoms with van der Waals surface area (Å²) in [6.07, 6.45) is 9.72. The van der Waals surface area contributed by atoms with E-state index in [0.717, 1.165) is 43.0 Å². The van der Waals surface area contributed by atoms with E-state index in [1.54, 1.807) is 12.1 Å². The molecule has 3 aromatic rings. The number of fused-ring (bicyclic) bond motifs is 3. The van der Waals surface area contributed by atoms with Gasteiger partial charge in [0.25, 0.3) is 0 Å². The van der Waals surface area contributed by atoms with Gasteiger partial charge in [-0.25, -0.2) is 4.39 Å². The first-order valence-corrected chi connectivity index (χ1v) is 9.90. The number of benzene rings is 1. The zero-order chi connectivity index (χ0) is 18.7. The molecule has 148 valence electrons. The highest BCUT2D eigenvalue weighted by Gasteiger charge is 2.41. The second kappa shape index (κ2) is 7.21. The van der Waals surface area contributed by atoms with Crippen molar-refractivity contribution in [1.82, 2.24) is 9.78 Å². The van der Waals surface area contributed by atoms with Gasteiger partial charge in [-0.15, -0.1) is 0 Å². The Hall–Kier alpha value is -2.26. The van der Waals surface area contributed by atoms with E-state index in [1.165, 1.54) is 10.6 Å². The van der Waals surface area contributed by atoms with Crippen molar-refractivity contribution in [2.24, 2.45) is 0 Å². The number of hydrogen-bond acceptors (Lipinski definition) is 2. The number of hydrogen-bond donors (Lipinski definition) is 1. The highest BCUT2D eigenvalue weighted by molar-refractivity contribution is 5.59. The fourth-order valence-corrected chi connectivity index (χ4v) is 5.01. The molecule has 2 aromatic heterocycles. The molecule has 0 spiro atoms. The maximum absolute atomic E-state index is 14.2. The van der Waals surface area contributed by atoms with Crippen molar-refractivity contribution in [3.63, 3.8) is 0 Å². The summed E-state index contributed by atoms with van der Waals surface area (Å²) in [5.74, 6) is 0.0550. The van der Waals surface area contributed by atoms with Gasteiger partial charge in [-0.3, -0.25) is 14.5 Å². The molecule has 29 heavy (non-hydrogen) atoms. The first-order valence-electron chi connectivity index (χ1n) is 9.90. The molecule has 3 aliphatic heterocycles. The molecule has 1 N–H and O–H groups in total. The number of quaternary nitrogens is 1. The van der Waals surface area contributed by atoms with Crippen LogP contribution in [-0.2, 0) is 13.1 Å². The summed E-state index contributed by atoms with van der Waals surface area (Å²) in [5.41, 5.74) is 4.50. The summed E-state index contributed by atoms with van der Waals surface area (Å²) in [5, 5.41) is 4.63. The largest absolute Gasteiger partial charge is 1.00 e. The zero-order valence-corrected chi connectivity index (χ0v) is 18.0. The Morgan fingerprint density at radius 2 is 2.10 bits per heavy atom. The van der Waals surface area contributed by atoms with Crippen LogP contribution < -0.4 is 38.3 Å². The molecular formula is C22H22FIN5+. The fraction of sp³-hybridized carbons (Fsp3) is 0.273. The van der Waals surface area contributed by atoms with Crippen LogP contribution >= 0.6 is 0 Å². The van der Waals surface area contributed by atoms with E-state index in [4.69, 9.17) is 0 Å². The predicted molar refractivity (Wildman–Crippen MR) is 103 cm³/mol. The third-order valence-electron chi connectivity index (χ3n) is 6.38. The first kappa shape index (κ1) is 18.7. The number of anilines is 1.